The third kappa shape index (κ3) is 3.05. The fourth-order valence-electron chi connectivity index (χ4n) is 1.66. The summed E-state index contributed by atoms with van der Waals surface area (Å²) in [6.07, 6.45) is 0. The summed E-state index contributed by atoms with van der Waals surface area (Å²) < 4.78 is 0. The molecule has 0 amide bonds. The van der Waals surface area contributed by atoms with E-state index < -0.39 is 0 Å². The molecule has 0 bridgehead atoms. The lowest BCUT2D eigenvalue weighted by molar-refractivity contribution is 1.09. The zero-order valence-corrected chi connectivity index (χ0v) is 11.0. The Morgan fingerprint density at radius 2 is 2.00 bits per heavy atom. The number of hydrogen-bond donors (Lipinski definition) is 2. The van der Waals surface area contributed by atoms with Crippen LogP contribution >= 0.6 is 12.2 Å². The van der Waals surface area contributed by atoms with Crippen LogP contribution in [0.1, 0.15) is 16.8 Å². The number of nitrogens with two attached hydrogens (primary N) is 1. The molecule has 3 N–H and O–H groups in total. The van der Waals surface area contributed by atoms with Crippen LogP contribution in [0.2, 0.25) is 0 Å². The number of pyridine rings is 1. The standard InChI is InChI=1S/C14H15N3S/c1-10-5-2-3-6-11(10)9-16-13-8-4-7-12(17-13)14(15)18/h2-8H,9H2,1H3,(H2,15,18)(H,16,17). The molecule has 0 saturated heterocycles. The SMILES string of the molecule is Cc1ccccc1CNc1cccc(C(N)=S)n1. The molecule has 0 aliphatic rings. The van der Waals surface area contributed by atoms with Crippen LogP contribution in [0.15, 0.2) is 42.5 Å². The number of aromatic nitrogens is 1. The molecule has 2 rings (SSSR count). The molecule has 1 aromatic carbocycles. The molecule has 18 heavy (non-hydrogen) atoms. The van der Waals surface area contributed by atoms with Gasteiger partial charge in [-0.05, 0) is 30.2 Å². The van der Waals surface area contributed by atoms with Crippen molar-refractivity contribution in [2.75, 3.05) is 5.32 Å². The lowest BCUT2D eigenvalue weighted by Crippen LogP contribution is -2.12. The van der Waals surface area contributed by atoms with Gasteiger partial charge in [-0.3, -0.25) is 0 Å². The van der Waals surface area contributed by atoms with Crippen molar-refractivity contribution in [3.05, 3.63) is 59.3 Å². The molecule has 4 heteroatoms. The summed E-state index contributed by atoms with van der Waals surface area (Å²) in [5.41, 5.74) is 8.70. The highest BCUT2D eigenvalue weighted by molar-refractivity contribution is 7.80. The summed E-state index contributed by atoms with van der Waals surface area (Å²) in [7, 11) is 0. The van der Waals surface area contributed by atoms with Crippen LogP contribution in [0.3, 0.4) is 0 Å². The molecule has 0 aliphatic heterocycles. The first-order chi connectivity index (χ1) is 8.66. The van der Waals surface area contributed by atoms with Crippen LogP contribution < -0.4 is 11.1 Å². The molecule has 0 spiro atoms. The Labute approximate surface area is 112 Å². The molecule has 92 valence electrons. The number of hydrogen-bond acceptors (Lipinski definition) is 3. The van der Waals surface area contributed by atoms with Crippen molar-refractivity contribution in [1.29, 1.82) is 0 Å². The highest BCUT2D eigenvalue weighted by atomic mass is 32.1. The van der Waals surface area contributed by atoms with Gasteiger partial charge in [0, 0.05) is 6.54 Å². The van der Waals surface area contributed by atoms with Crippen molar-refractivity contribution in [3.63, 3.8) is 0 Å². The first-order valence-electron chi connectivity index (χ1n) is 5.72. The van der Waals surface area contributed by atoms with E-state index in [-0.39, 0.29) is 0 Å². The van der Waals surface area contributed by atoms with Gasteiger partial charge in [0.25, 0.3) is 0 Å². The normalized spacial score (nSPS) is 10.1. The van der Waals surface area contributed by atoms with E-state index in [9.17, 15) is 0 Å². The van der Waals surface area contributed by atoms with Crippen molar-refractivity contribution in [2.45, 2.75) is 13.5 Å². The van der Waals surface area contributed by atoms with Crippen LogP contribution in [-0.2, 0) is 6.54 Å². The highest BCUT2D eigenvalue weighted by Gasteiger charge is 2.01. The zero-order valence-electron chi connectivity index (χ0n) is 10.2. The second-order valence-corrected chi connectivity index (χ2v) is 4.49. The summed E-state index contributed by atoms with van der Waals surface area (Å²) in [6.45, 7) is 2.83. The molecule has 1 heterocycles. The third-order valence-electron chi connectivity index (χ3n) is 2.72. The Kier molecular flexibility index (Phi) is 3.89. The summed E-state index contributed by atoms with van der Waals surface area (Å²) in [5, 5.41) is 3.27. The van der Waals surface area contributed by atoms with E-state index in [1.807, 2.05) is 24.3 Å². The second-order valence-electron chi connectivity index (χ2n) is 4.05. The molecular weight excluding hydrogens is 242 g/mol. The van der Waals surface area contributed by atoms with Gasteiger partial charge in [-0.1, -0.05) is 42.5 Å². The predicted octanol–water partition coefficient (Wildman–Crippen LogP) is 2.64. The maximum atomic E-state index is 5.56. The van der Waals surface area contributed by atoms with E-state index in [0.717, 1.165) is 12.4 Å². The van der Waals surface area contributed by atoms with E-state index >= 15 is 0 Å². The predicted molar refractivity (Wildman–Crippen MR) is 78.6 cm³/mol. The molecule has 0 unspecified atom stereocenters. The second kappa shape index (κ2) is 5.60. The largest absolute Gasteiger partial charge is 0.388 e. The van der Waals surface area contributed by atoms with Crippen molar-refractivity contribution >= 4 is 23.0 Å². The number of nitrogens with zero attached hydrogens (tertiary/aromatic N) is 1. The van der Waals surface area contributed by atoms with Crippen molar-refractivity contribution in [3.8, 4) is 0 Å². The summed E-state index contributed by atoms with van der Waals surface area (Å²) >= 11 is 4.91. The quantitative estimate of drug-likeness (QED) is 0.827. The van der Waals surface area contributed by atoms with Gasteiger partial charge >= 0.3 is 0 Å². The van der Waals surface area contributed by atoms with Gasteiger partial charge in [-0.2, -0.15) is 0 Å². The molecule has 0 aliphatic carbocycles. The number of benzene rings is 1. The Morgan fingerprint density at radius 3 is 2.72 bits per heavy atom. The first kappa shape index (κ1) is 12.5. The van der Waals surface area contributed by atoms with E-state index in [1.54, 1.807) is 6.07 Å². The van der Waals surface area contributed by atoms with Gasteiger partial charge in [-0.25, -0.2) is 4.98 Å². The number of anilines is 1. The van der Waals surface area contributed by atoms with E-state index in [0.29, 0.717) is 10.7 Å². The Hall–Kier alpha value is -1.94. The monoisotopic (exact) mass is 257 g/mol. The van der Waals surface area contributed by atoms with Crippen molar-refractivity contribution in [2.24, 2.45) is 5.73 Å². The molecule has 0 fully saturated rings. The van der Waals surface area contributed by atoms with Crippen LogP contribution in [0.4, 0.5) is 5.82 Å². The molecule has 0 atom stereocenters. The average Bonchev–Trinajstić information content (AvgIpc) is 2.38. The Balaban J connectivity index is 2.09. The number of aryl methyl sites for hydroxylation is 1. The van der Waals surface area contributed by atoms with Gasteiger partial charge in [-0.15, -0.1) is 0 Å². The summed E-state index contributed by atoms with van der Waals surface area (Å²) in [5.74, 6) is 0.781. The van der Waals surface area contributed by atoms with E-state index in [1.165, 1.54) is 11.1 Å². The maximum absolute atomic E-state index is 5.56. The maximum Gasteiger partial charge on any atom is 0.127 e. The molecule has 1 aromatic heterocycles. The van der Waals surface area contributed by atoms with Crippen LogP contribution in [0.25, 0.3) is 0 Å². The average molecular weight is 257 g/mol. The molecule has 0 radical (unpaired) electrons. The fourth-order valence-corrected chi connectivity index (χ4v) is 1.78. The van der Waals surface area contributed by atoms with Gasteiger partial charge in [0.2, 0.25) is 0 Å². The van der Waals surface area contributed by atoms with Gasteiger partial charge < -0.3 is 11.1 Å². The summed E-state index contributed by atoms with van der Waals surface area (Å²) in [4.78, 5) is 4.65. The van der Waals surface area contributed by atoms with Crippen LogP contribution in [0, 0.1) is 6.92 Å². The molecule has 0 saturated carbocycles. The zero-order chi connectivity index (χ0) is 13.0. The van der Waals surface area contributed by atoms with Crippen molar-refractivity contribution in [1.82, 2.24) is 4.98 Å². The molecule has 2 aromatic rings. The lowest BCUT2D eigenvalue weighted by Gasteiger charge is -2.09. The highest BCUT2D eigenvalue weighted by Crippen LogP contribution is 2.10. The smallest absolute Gasteiger partial charge is 0.127 e. The lowest BCUT2D eigenvalue weighted by atomic mass is 10.1. The molecular formula is C14H15N3S. The topological polar surface area (TPSA) is 50.9 Å². The fraction of sp³-hybridized carbons (Fsp3) is 0.143. The van der Waals surface area contributed by atoms with E-state index in [2.05, 4.69) is 29.4 Å². The summed E-state index contributed by atoms with van der Waals surface area (Å²) in [6, 6.07) is 13.9. The number of rotatable bonds is 4. The number of nitrogens with one attached hydrogen (secondary N) is 1. The van der Waals surface area contributed by atoms with Crippen molar-refractivity contribution < 1.29 is 0 Å². The molecule has 3 nitrogen and oxygen atoms in total. The minimum absolute atomic E-state index is 0.314. The minimum Gasteiger partial charge on any atom is -0.388 e. The minimum atomic E-state index is 0.314. The van der Waals surface area contributed by atoms with Crippen LogP contribution in [0.5, 0.6) is 0 Å². The van der Waals surface area contributed by atoms with Crippen LogP contribution in [-0.4, -0.2) is 9.97 Å². The first-order valence-corrected chi connectivity index (χ1v) is 6.13. The Morgan fingerprint density at radius 1 is 1.22 bits per heavy atom. The van der Waals surface area contributed by atoms with Gasteiger partial charge in [0.05, 0.1) is 5.69 Å². The Bertz CT molecular complexity index is 566. The van der Waals surface area contributed by atoms with Gasteiger partial charge in [0.15, 0.2) is 0 Å². The van der Waals surface area contributed by atoms with Gasteiger partial charge in [0.1, 0.15) is 10.8 Å². The van der Waals surface area contributed by atoms with E-state index in [4.69, 9.17) is 18.0 Å². The number of thiocarbonyl (C=S) groups is 1. The third-order valence-corrected chi connectivity index (χ3v) is 2.93.